The van der Waals surface area contributed by atoms with Crippen LogP contribution >= 0.6 is 34.8 Å². The van der Waals surface area contributed by atoms with Crippen molar-refractivity contribution in [2.45, 2.75) is 0 Å². The summed E-state index contributed by atoms with van der Waals surface area (Å²) in [7, 11) is 0. The normalized spacial score (nSPS) is 10.9. The number of oxime groups is 1. The predicted molar refractivity (Wildman–Crippen MR) is 75.2 cm³/mol. The maximum absolute atomic E-state index is 8.47. The van der Waals surface area contributed by atoms with Crippen molar-refractivity contribution in [1.29, 1.82) is 0 Å². The van der Waals surface area contributed by atoms with Gasteiger partial charge in [0.05, 0.1) is 11.2 Å². The summed E-state index contributed by atoms with van der Waals surface area (Å²) in [6, 6.07) is 8.29. The number of halogens is 3. The first-order valence-corrected chi connectivity index (χ1v) is 6.20. The first-order chi connectivity index (χ1) is 9.10. The van der Waals surface area contributed by atoms with Crippen LogP contribution in [0.1, 0.15) is 5.56 Å². The Balaban J connectivity index is 2.31. The molecule has 0 atom stereocenters. The van der Waals surface area contributed by atoms with Gasteiger partial charge in [-0.2, -0.15) is 4.98 Å². The largest absolute Gasteiger partial charge is 0.437 e. The number of ether oxygens (including phenoxy) is 1. The van der Waals surface area contributed by atoms with Crippen LogP contribution < -0.4 is 4.74 Å². The Morgan fingerprint density at radius 2 is 1.95 bits per heavy atom. The van der Waals surface area contributed by atoms with Crippen LogP contribution in [0.2, 0.25) is 15.2 Å². The van der Waals surface area contributed by atoms with Crippen molar-refractivity contribution in [2.75, 3.05) is 0 Å². The van der Waals surface area contributed by atoms with E-state index < -0.39 is 0 Å². The summed E-state index contributed by atoms with van der Waals surface area (Å²) in [5.41, 5.74) is 0.663. The highest BCUT2D eigenvalue weighted by Crippen LogP contribution is 2.33. The van der Waals surface area contributed by atoms with E-state index in [-0.39, 0.29) is 21.1 Å². The molecule has 7 heteroatoms. The fraction of sp³-hybridized carbons (Fsp3) is 0. The highest BCUT2D eigenvalue weighted by molar-refractivity contribution is 6.42. The summed E-state index contributed by atoms with van der Waals surface area (Å²) in [6.07, 6.45) is 1.27. The third kappa shape index (κ3) is 3.50. The van der Waals surface area contributed by atoms with Crippen LogP contribution in [0.4, 0.5) is 0 Å². The van der Waals surface area contributed by atoms with E-state index in [9.17, 15) is 0 Å². The Morgan fingerprint density at radius 1 is 1.16 bits per heavy atom. The second-order valence-corrected chi connectivity index (χ2v) is 4.64. The summed E-state index contributed by atoms with van der Waals surface area (Å²) < 4.78 is 5.50. The number of pyridine rings is 1. The number of benzene rings is 1. The van der Waals surface area contributed by atoms with E-state index in [0.29, 0.717) is 11.3 Å². The zero-order chi connectivity index (χ0) is 13.8. The second-order valence-electron chi connectivity index (χ2n) is 3.47. The fourth-order valence-corrected chi connectivity index (χ4v) is 1.87. The van der Waals surface area contributed by atoms with E-state index in [1.807, 2.05) is 0 Å². The molecule has 0 saturated heterocycles. The molecule has 0 amide bonds. The van der Waals surface area contributed by atoms with Gasteiger partial charge in [-0.05, 0) is 23.8 Å². The Hall–Kier alpha value is -1.49. The molecule has 1 aromatic carbocycles. The number of aromatic nitrogens is 1. The molecule has 1 heterocycles. The molecular formula is C12H7Cl3N2O2. The van der Waals surface area contributed by atoms with Crippen LogP contribution in [0.3, 0.4) is 0 Å². The van der Waals surface area contributed by atoms with Crippen molar-refractivity contribution in [3.05, 3.63) is 51.1 Å². The zero-order valence-electron chi connectivity index (χ0n) is 9.35. The Kier molecular flexibility index (Phi) is 4.47. The smallest absolute Gasteiger partial charge is 0.239 e. The van der Waals surface area contributed by atoms with Gasteiger partial charge in [0.15, 0.2) is 5.15 Å². The first kappa shape index (κ1) is 13.9. The molecule has 1 N–H and O–H groups in total. The highest BCUT2D eigenvalue weighted by atomic mass is 35.5. The monoisotopic (exact) mass is 316 g/mol. The fourth-order valence-electron chi connectivity index (χ4n) is 1.34. The Bertz CT molecular complexity index is 632. The van der Waals surface area contributed by atoms with Crippen LogP contribution in [-0.4, -0.2) is 16.4 Å². The van der Waals surface area contributed by atoms with Gasteiger partial charge in [0.2, 0.25) is 5.88 Å². The molecule has 0 aliphatic heterocycles. The summed E-state index contributed by atoms with van der Waals surface area (Å²) in [5.74, 6) is 0.624. The van der Waals surface area contributed by atoms with Crippen LogP contribution in [0.25, 0.3) is 0 Å². The minimum Gasteiger partial charge on any atom is -0.437 e. The van der Waals surface area contributed by atoms with E-state index >= 15 is 0 Å². The molecule has 0 fully saturated rings. The molecule has 0 unspecified atom stereocenters. The number of nitrogens with zero attached hydrogens (tertiary/aromatic N) is 2. The van der Waals surface area contributed by atoms with Crippen LogP contribution in [0.15, 0.2) is 35.5 Å². The SMILES string of the molecule is O/N=C/c1cccc(Oc2nc(Cl)c(Cl)cc2Cl)c1. The lowest BCUT2D eigenvalue weighted by Crippen LogP contribution is -1.91. The lowest BCUT2D eigenvalue weighted by molar-refractivity contribution is 0.322. The van der Waals surface area contributed by atoms with E-state index in [0.717, 1.165) is 0 Å². The minimum absolute atomic E-state index is 0.106. The third-order valence-electron chi connectivity index (χ3n) is 2.13. The van der Waals surface area contributed by atoms with Crippen molar-refractivity contribution in [2.24, 2.45) is 5.16 Å². The number of hydrogen-bond donors (Lipinski definition) is 1. The van der Waals surface area contributed by atoms with Gasteiger partial charge in [0.25, 0.3) is 0 Å². The molecule has 0 spiro atoms. The molecule has 0 aliphatic rings. The molecule has 2 aromatic rings. The van der Waals surface area contributed by atoms with Gasteiger partial charge in [0, 0.05) is 0 Å². The van der Waals surface area contributed by atoms with Gasteiger partial charge in [-0.25, -0.2) is 0 Å². The maximum atomic E-state index is 8.47. The number of rotatable bonds is 3. The quantitative estimate of drug-likeness (QED) is 0.388. The van der Waals surface area contributed by atoms with Crippen molar-refractivity contribution in [3.63, 3.8) is 0 Å². The van der Waals surface area contributed by atoms with Crippen molar-refractivity contribution >= 4 is 41.0 Å². The molecule has 0 radical (unpaired) electrons. The molecular weight excluding hydrogens is 311 g/mol. The average Bonchev–Trinajstić information content (AvgIpc) is 2.37. The van der Waals surface area contributed by atoms with Crippen LogP contribution in [0.5, 0.6) is 11.6 Å². The molecule has 2 rings (SSSR count). The molecule has 1 aromatic heterocycles. The van der Waals surface area contributed by atoms with Gasteiger partial charge in [-0.3, -0.25) is 0 Å². The van der Waals surface area contributed by atoms with Crippen LogP contribution in [0, 0.1) is 0 Å². The molecule has 19 heavy (non-hydrogen) atoms. The van der Waals surface area contributed by atoms with E-state index in [2.05, 4.69) is 10.1 Å². The predicted octanol–water partition coefficient (Wildman–Crippen LogP) is 4.64. The van der Waals surface area contributed by atoms with E-state index in [4.69, 9.17) is 44.7 Å². The van der Waals surface area contributed by atoms with E-state index in [1.165, 1.54) is 12.3 Å². The standard InChI is InChI=1S/C12H7Cl3N2O2/c13-9-5-10(14)12(17-11(9)15)19-8-3-1-2-7(4-8)6-16-18/h1-6,18H/b16-6+. The van der Waals surface area contributed by atoms with Gasteiger partial charge in [-0.15, -0.1) is 0 Å². The van der Waals surface area contributed by atoms with Gasteiger partial charge in [0.1, 0.15) is 10.8 Å². The molecule has 98 valence electrons. The van der Waals surface area contributed by atoms with Crippen molar-refractivity contribution in [3.8, 4) is 11.6 Å². The lowest BCUT2D eigenvalue weighted by Gasteiger charge is -2.08. The zero-order valence-corrected chi connectivity index (χ0v) is 11.6. The Labute approximate surface area is 124 Å². The summed E-state index contributed by atoms with van der Waals surface area (Å²) in [6.45, 7) is 0. The summed E-state index contributed by atoms with van der Waals surface area (Å²) in [5, 5.41) is 12.0. The van der Waals surface area contributed by atoms with Gasteiger partial charge >= 0.3 is 0 Å². The molecule has 0 aliphatic carbocycles. The van der Waals surface area contributed by atoms with Crippen molar-refractivity contribution < 1.29 is 9.94 Å². The topological polar surface area (TPSA) is 54.7 Å². The lowest BCUT2D eigenvalue weighted by atomic mass is 10.2. The third-order valence-corrected chi connectivity index (χ3v) is 3.08. The average molecular weight is 318 g/mol. The van der Waals surface area contributed by atoms with Gasteiger partial charge < -0.3 is 9.94 Å². The minimum atomic E-state index is 0.106. The van der Waals surface area contributed by atoms with E-state index in [1.54, 1.807) is 24.3 Å². The maximum Gasteiger partial charge on any atom is 0.239 e. The van der Waals surface area contributed by atoms with Crippen LogP contribution in [-0.2, 0) is 0 Å². The van der Waals surface area contributed by atoms with Gasteiger partial charge in [-0.1, -0.05) is 52.1 Å². The molecule has 4 nitrogen and oxygen atoms in total. The highest BCUT2D eigenvalue weighted by Gasteiger charge is 2.10. The summed E-state index contributed by atoms with van der Waals surface area (Å²) in [4.78, 5) is 3.94. The first-order valence-electron chi connectivity index (χ1n) is 5.07. The Morgan fingerprint density at radius 3 is 2.68 bits per heavy atom. The van der Waals surface area contributed by atoms with Crippen molar-refractivity contribution in [1.82, 2.24) is 4.98 Å². The number of hydrogen-bond acceptors (Lipinski definition) is 4. The molecule has 0 saturated carbocycles. The molecule has 0 bridgehead atoms. The summed E-state index contributed by atoms with van der Waals surface area (Å²) >= 11 is 17.5. The second kappa shape index (κ2) is 6.10.